The van der Waals surface area contributed by atoms with E-state index in [4.69, 9.17) is 4.84 Å². The van der Waals surface area contributed by atoms with Crippen molar-refractivity contribution >= 4 is 33.7 Å². The van der Waals surface area contributed by atoms with Crippen LogP contribution in [0.3, 0.4) is 0 Å². The minimum Gasteiger partial charge on any atom is -0.399 e. The van der Waals surface area contributed by atoms with Crippen LogP contribution in [0.5, 0.6) is 0 Å². The van der Waals surface area contributed by atoms with Crippen molar-refractivity contribution in [3.8, 4) is 0 Å². The van der Waals surface area contributed by atoms with Gasteiger partial charge in [0.25, 0.3) is 0 Å². The molecule has 2 heterocycles. The zero-order chi connectivity index (χ0) is 16.4. The third-order valence-corrected chi connectivity index (χ3v) is 4.37. The van der Waals surface area contributed by atoms with Crippen molar-refractivity contribution in [1.29, 1.82) is 0 Å². The molecule has 23 heavy (non-hydrogen) atoms. The predicted molar refractivity (Wildman–Crippen MR) is 92.2 cm³/mol. The minimum atomic E-state index is -0.0841. The number of carbonyl (C=O) groups is 1. The molecule has 118 valence electrons. The van der Waals surface area contributed by atoms with Crippen LogP contribution < -0.4 is 0 Å². The Morgan fingerprint density at radius 1 is 1.35 bits per heavy atom. The molecule has 6 heteroatoms. The number of rotatable bonds is 5. The summed E-state index contributed by atoms with van der Waals surface area (Å²) in [5.41, 5.74) is 3.00. The largest absolute Gasteiger partial charge is 0.399 e. The molecule has 0 aliphatic rings. The van der Waals surface area contributed by atoms with Crippen LogP contribution >= 0.6 is 11.3 Å². The van der Waals surface area contributed by atoms with E-state index in [0.29, 0.717) is 16.3 Å². The topological polar surface area (TPSA) is 67.3 Å². The van der Waals surface area contributed by atoms with Crippen LogP contribution in [0, 0.1) is 5.92 Å². The van der Waals surface area contributed by atoms with Gasteiger partial charge in [-0.2, -0.15) is 0 Å². The lowest BCUT2D eigenvalue weighted by Gasteiger charge is -2.05. The van der Waals surface area contributed by atoms with Crippen LogP contribution in [-0.2, 0) is 4.84 Å². The molecule has 0 unspecified atom stereocenters. The number of carbonyl (C=O) groups excluding carboxylic acids is 1. The zero-order valence-electron chi connectivity index (χ0n) is 13.2. The van der Waals surface area contributed by atoms with Gasteiger partial charge in [0.2, 0.25) is 5.78 Å². The molecule has 0 saturated heterocycles. The maximum Gasteiger partial charge on any atom is 0.223 e. The molecule has 0 saturated carbocycles. The summed E-state index contributed by atoms with van der Waals surface area (Å²) >= 11 is 1.33. The van der Waals surface area contributed by atoms with Crippen LogP contribution in [0.15, 0.2) is 41.0 Å². The molecule has 0 spiro atoms. The third kappa shape index (κ3) is 2.90. The van der Waals surface area contributed by atoms with Gasteiger partial charge in [0.05, 0.1) is 11.3 Å². The van der Waals surface area contributed by atoms with Crippen molar-refractivity contribution < 1.29 is 9.63 Å². The molecule has 3 aromatic rings. The number of para-hydroxylation sites is 1. The van der Waals surface area contributed by atoms with E-state index < -0.39 is 0 Å². The molecule has 2 aromatic heterocycles. The molecule has 0 fully saturated rings. The Balaban J connectivity index is 1.97. The highest BCUT2D eigenvalue weighted by atomic mass is 32.1. The summed E-state index contributed by atoms with van der Waals surface area (Å²) in [6.45, 7) is 4.02. The molecule has 1 aromatic carbocycles. The van der Waals surface area contributed by atoms with Gasteiger partial charge in [0.15, 0.2) is 5.01 Å². The number of H-pyrrole nitrogens is 1. The summed E-state index contributed by atoms with van der Waals surface area (Å²) in [7, 11) is 1.51. The summed E-state index contributed by atoms with van der Waals surface area (Å²) in [4.78, 5) is 25.2. The van der Waals surface area contributed by atoms with Crippen LogP contribution in [0.4, 0.5) is 0 Å². The Morgan fingerprint density at radius 3 is 2.87 bits per heavy atom. The number of aromatic amines is 1. The average molecular weight is 327 g/mol. The lowest BCUT2D eigenvalue weighted by atomic mass is 10.1. The van der Waals surface area contributed by atoms with E-state index in [1.807, 2.05) is 43.5 Å². The van der Waals surface area contributed by atoms with Crippen LogP contribution in [0.25, 0.3) is 10.9 Å². The van der Waals surface area contributed by atoms with Crippen LogP contribution in [0.2, 0.25) is 0 Å². The summed E-state index contributed by atoms with van der Waals surface area (Å²) < 4.78 is 0. The number of ketones is 1. The van der Waals surface area contributed by atoms with Crippen molar-refractivity contribution in [2.24, 2.45) is 11.1 Å². The molecule has 5 nitrogen and oxygen atoms in total. The van der Waals surface area contributed by atoms with Gasteiger partial charge in [-0.3, -0.25) is 4.79 Å². The Bertz CT molecular complexity index is 877. The van der Waals surface area contributed by atoms with Crippen molar-refractivity contribution in [1.82, 2.24) is 9.97 Å². The highest BCUT2D eigenvalue weighted by molar-refractivity contribution is 7.12. The Labute approximate surface area is 138 Å². The highest BCUT2D eigenvalue weighted by Crippen LogP contribution is 2.23. The number of aromatic nitrogens is 2. The molecule has 0 atom stereocenters. The van der Waals surface area contributed by atoms with Gasteiger partial charge in [-0.05, 0) is 6.07 Å². The fourth-order valence-electron chi connectivity index (χ4n) is 2.42. The van der Waals surface area contributed by atoms with Crippen LogP contribution in [0.1, 0.15) is 34.9 Å². The van der Waals surface area contributed by atoms with E-state index in [9.17, 15) is 4.79 Å². The Hall–Kier alpha value is -2.47. The molecule has 1 N–H and O–H groups in total. The van der Waals surface area contributed by atoms with Gasteiger partial charge in [-0.1, -0.05) is 37.2 Å². The molecule has 0 amide bonds. The van der Waals surface area contributed by atoms with Gasteiger partial charge >= 0.3 is 0 Å². The fraction of sp³-hybridized carbons (Fsp3) is 0.235. The lowest BCUT2D eigenvalue weighted by molar-refractivity contribution is 0.104. The lowest BCUT2D eigenvalue weighted by Crippen LogP contribution is -2.11. The zero-order valence-corrected chi connectivity index (χ0v) is 14.0. The van der Waals surface area contributed by atoms with Gasteiger partial charge in [0.1, 0.15) is 12.8 Å². The number of oxime groups is 1. The van der Waals surface area contributed by atoms with E-state index in [1.54, 1.807) is 6.20 Å². The fourth-order valence-corrected chi connectivity index (χ4v) is 3.18. The van der Waals surface area contributed by atoms with E-state index in [2.05, 4.69) is 15.1 Å². The molecular formula is C17H17N3O2S. The number of nitrogens with one attached hydrogen (secondary N) is 1. The average Bonchev–Trinajstić information content (AvgIpc) is 3.18. The summed E-state index contributed by atoms with van der Waals surface area (Å²) in [6.07, 6.45) is 1.74. The first-order chi connectivity index (χ1) is 11.1. The smallest absolute Gasteiger partial charge is 0.223 e. The first-order valence-electron chi connectivity index (χ1n) is 7.29. The number of nitrogens with zero attached hydrogens (tertiary/aromatic N) is 2. The monoisotopic (exact) mass is 327 g/mol. The maximum absolute atomic E-state index is 12.7. The molecule has 3 rings (SSSR count). The van der Waals surface area contributed by atoms with Crippen LogP contribution in [-0.4, -0.2) is 28.6 Å². The van der Waals surface area contributed by atoms with Crippen molar-refractivity contribution in [2.45, 2.75) is 13.8 Å². The number of fused-ring (bicyclic) bond motifs is 1. The SMILES string of the molecule is CO/N=C(\c1csc(C(=O)c2c[nH]c3ccccc23)n1)C(C)C. The predicted octanol–water partition coefficient (Wildman–Crippen LogP) is 3.86. The van der Waals surface area contributed by atoms with E-state index >= 15 is 0 Å². The molecule has 0 bridgehead atoms. The first-order valence-corrected chi connectivity index (χ1v) is 8.17. The maximum atomic E-state index is 12.7. The van der Waals surface area contributed by atoms with E-state index in [0.717, 1.165) is 16.6 Å². The van der Waals surface area contributed by atoms with Gasteiger partial charge in [-0.15, -0.1) is 11.3 Å². The minimum absolute atomic E-state index is 0.0841. The van der Waals surface area contributed by atoms with Crippen molar-refractivity contribution in [2.75, 3.05) is 7.11 Å². The number of hydrogen-bond acceptors (Lipinski definition) is 5. The first kappa shape index (κ1) is 15.4. The van der Waals surface area contributed by atoms with Gasteiger partial charge in [-0.25, -0.2) is 4.98 Å². The highest BCUT2D eigenvalue weighted by Gasteiger charge is 2.20. The molecule has 0 aliphatic carbocycles. The normalized spacial score (nSPS) is 12.1. The number of hydrogen-bond donors (Lipinski definition) is 1. The van der Waals surface area contributed by atoms with Gasteiger partial charge < -0.3 is 9.82 Å². The quantitative estimate of drug-likeness (QED) is 0.439. The second-order valence-electron chi connectivity index (χ2n) is 5.43. The van der Waals surface area contributed by atoms with Crippen molar-refractivity contribution in [3.05, 3.63) is 52.1 Å². The second-order valence-corrected chi connectivity index (χ2v) is 6.29. The standard InChI is InChI=1S/C17H17N3O2S/c1-10(2)15(20-22-3)14-9-23-17(19-14)16(21)12-8-18-13-7-5-4-6-11(12)13/h4-10,18H,1-3H3/b20-15-. The van der Waals surface area contributed by atoms with E-state index in [-0.39, 0.29) is 11.7 Å². The Kier molecular flexibility index (Phi) is 4.25. The Morgan fingerprint density at radius 2 is 2.13 bits per heavy atom. The summed E-state index contributed by atoms with van der Waals surface area (Å²) in [5, 5.41) is 7.23. The third-order valence-electron chi connectivity index (χ3n) is 3.53. The van der Waals surface area contributed by atoms with E-state index in [1.165, 1.54) is 18.4 Å². The second kappa shape index (κ2) is 6.34. The summed E-state index contributed by atoms with van der Waals surface area (Å²) in [5.74, 6) is 0.0762. The van der Waals surface area contributed by atoms with Gasteiger partial charge in [0, 0.05) is 28.4 Å². The van der Waals surface area contributed by atoms with Crippen molar-refractivity contribution in [3.63, 3.8) is 0 Å². The number of thiazole rings is 1. The number of benzene rings is 1. The summed E-state index contributed by atoms with van der Waals surface area (Å²) in [6, 6.07) is 7.73. The molecule has 0 aliphatic heterocycles. The molecule has 0 radical (unpaired) electrons. The molecular weight excluding hydrogens is 310 g/mol.